The van der Waals surface area contributed by atoms with Crippen molar-refractivity contribution in [2.45, 2.75) is 53.1 Å². The van der Waals surface area contributed by atoms with Crippen LogP contribution in [-0.4, -0.2) is 19.1 Å². The van der Waals surface area contributed by atoms with E-state index in [1.165, 1.54) is 0 Å². The van der Waals surface area contributed by atoms with E-state index in [4.69, 9.17) is 0 Å². The monoisotopic (exact) mass is 266 g/mol. The molecule has 0 spiro atoms. The van der Waals surface area contributed by atoms with E-state index >= 15 is 0 Å². The molecule has 0 aromatic heterocycles. The lowest BCUT2D eigenvalue weighted by Crippen LogP contribution is -2.27. The van der Waals surface area contributed by atoms with Crippen LogP contribution in [0.15, 0.2) is 18.2 Å². The topological polar surface area (TPSA) is 15.3 Å². The predicted octanol–water partition coefficient (Wildman–Crippen LogP) is 4.52. The third-order valence-electron chi connectivity index (χ3n) is 3.70. The van der Waals surface area contributed by atoms with Crippen molar-refractivity contribution in [1.29, 1.82) is 0 Å². The normalized spacial score (nSPS) is 12.9. The second-order valence-electron chi connectivity index (χ2n) is 5.77. The number of hydrogen-bond acceptors (Lipinski definition) is 2. The maximum atomic E-state index is 14.1. The fraction of sp³-hybridized carbons (Fsp3) is 0.625. The van der Waals surface area contributed by atoms with Crippen molar-refractivity contribution >= 4 is 11.4 Å². The van der Waals surface area contributed by atoms with Crippen LogP contribution in [0.2, 0.25) is 0 Å². The molecular weight excluding hydrogens is 239 g/mol. The van der Waals surface area contributed by atoms with E-state index in [-0.39, 0.29) is 11.9 Å². The van der Waals surface area contributed by atoms with Crippen molar-refractivity contribution in [1.82, 2.24) is 0 Å². The molecule has 1 rings (SSSR count). The lowest BCUT2D eigenvalue weighted by atomic mass is 10.0. The van der Waals surface area contributed by atoms with Gasteiger partial charge in [0.1, 0.15) is 5.82 Å². The van der Waals surface area contributed by atoms with Crippen LogP contribution >= 0.6 is 0 Å². The van der Waals surface area contributed by atoms with Gasteiger partial charge < -0.3 is 10.2 Å². The first-order chi connectivity index (χ1) is 8.86. The molecule has 0 aliphatic carbocycles. The van der Waals surface area contributed by atoms with Crippen LogP contribution in [0.25, 0.3) is 0 Å². The van der Waals surface area contributed by atoms with Gasteiger partial charge in [0.15, 0.2) is 0 Å². The van der Waals surface area contributed by atoms with Gasteiger partial charge in [0.25, 0.3) is 0 Å². The molecule has 0 fully saturated rings. The number of benzene rings is 1. The molecule has 2 nitrogen and oxygen atoms in total. The number of anilines is 2. The molecule has 0 heterocycles. The van der Waals surface area contributed by atoms with E-state index in [1.807, 2.05) is 24.1 Å². The van der Waals surface area contributed by atoms with Gasteiger partial charge in [0.05, 0.1) is 5.69 Å². The van der Waals surface area contributed by atoms with Crippen LogP contribution in [-0.2, 0) is 0 Å². The lowest BCUT2D eigenvalue weighted by Gasteiger charge is -2.26. The summed E-state index contributed by atoms with van der Waals surface area (Å²) in [5.41, 5.74) is 1.51. The van der Waals surface area contributed by atoms with E-state index in [0.29, 0.717) is 17.6 Å². The van der Waals surface area contributed by atoms with Crippen LogP contribution in [0.5, 0.6) is 0 Å². The number of halogens is 1. The summed E-state index contributed by atoms with van der Waals surface area (Å²) >= 11 is 0. The predicted molar refractivity (Wildman–Crippen MR) is 82.5 cm³/mol. The van der Waals surface area contributed by atoms with Crippen molar-refractivity contribution in [3.8, 4) is 0 Å². The maximum absolute atomic E-state index is 14.1. The maximum Gasteiger partial charge on any atom is 0.148 e. The van der Waals surface area contributed by atoms with Gasteiger partial charge in [-0.15, -0.1) is 0 Å². The zero-order valence-corrected chi connectivity index (χ0v) is 13.0. The molecule has 1 atom stereocenters. The highest BCUT2D eigenvalue weighted by atomic mass is 19.1. The van der Waals surface area contributed by atoms with Crippen molar-refractivity contribution in [3.05, 3.63) is 24.0 Å². The first-order valence-electron chi connectivity index (χ1n) is 7.15. The van der Waals surface area contributed by atoms with E-state index in [0.717, 1.165) is 12.1 Å². The zero-order valence-electron chi connectivity index (χ0n) is 13.0. The van der Waals surface area contributed by atoms with Crippen LogP contribution in [0.4, 0.5) is 15.8 Å². The molecule has 1 N–H and O–H groups in total. The van der Waals surface area contributed by atoms with Crippen molar-refractivity contribution in [3.63, 3.8) is 0 Å². The molecule has 108 valence electrons. The van der Waals surface area contributed by atoms with E-state index in [1.54, 1.807) is 6.07 Å². The van der Waals surface area contributed by atoms with E-state index in [9.17, 15) is 4.39 Å². The lowest BCUT2D eigenvalue weighted by molar-refractivity contribution is 0.510. The van der Waals surface area contributed by atoms with Crippen LogP contribution in [0.1, 0.15) is 41.0 Å². The molecule has 19 heavy (non-hydrogen) atoms. The van der Waals surface area contributed by atoms with Crippen molar-refractivity contribution in [2.24, 2.45) is 5.92 Å². The number of hydrogen-bond donors (Lipinski definition) is 1. The van der Waals surface area contributed by atoms with Gasteiger partial charge in [0, 0.05) is 24.8 Å². The average Bonchev–Trinajstić information content (AvgIpc) is 2.34. The molecule has 0 bridgehead atoms. The Bertz CT molecular complexity index is 402. The van der Waals surface area contributed by atoms with E-state index in [2.05, 4.69) is 39.9 Å². The van der Waals surface area contributed by atoms with E-state index < -0.39 is 0 Å². The Morgan fingerprint density at radius 1 is 1.21 bits per heavy atom. The van der Waals surface area contributed by atoms with Crippen molar-refractivity contribution in [2.75, 3.05) is 17.3 Å². The molecule has 0 amide bonds. The highest BCUT2D eigenvalue weighted by molar-refractivity contribution is 5.56. The quantitative estimate of drug-likeness (QED) is 0.814. The molecular formula is C16H27FN2. The molecule has 3 heteroatoms. The van der Waals surface area contributed by atoms with Gasteiger partial charge in [-0.1, -0.05) is 20.8 Å². The summed E-state index contributed by atoms with van der Waals surface area (Å²) in [7, 11) is 1.92. The Hall–Kier alpha value is -1.25. The van der Waals surface area contributed by atoms with Crippen LogP contribution < -0.4 is 10.2 Å². The second kappa shape index (κ2) is 6.78. The van der Waals surface area contributed by atoms with Crippen LogP contribution in [0.3, 0.4) is 0 Å². The summed E-state index contributed by atoms with van der Waals surface area (Å²) in [5, 5.41) is 3.41. The number of nitrogens with zero attached hydrogens (tertiary/aromatic N) is 1. The third-order valence-corrected chi connectivity index (χ3v) is 3.70. The summed E-state index contributed by atoms with van der Waals surface area (Å²) in [6.45, 7) is 10.6. The molecule has 0 radical (unpaired) electrons. The SMILES string of the molecule is CCC(Nc1ccc(N(C)C(C)C)c(F)c1)C(C)C. The largest absolute Gasteiger partial charge is 0.382 e. The summed E-state index contributed by atoms with van der Waals surface area (Å²) in [4.78, 5) is 1.94. The van der Waals surface area contributed by atoms with Gasteiger partial charge in [-0.05, 0) is 44.4 Å². The Morgan fingerprint density at radius 3 is 2.26 bits per heavy atom. The molecule has 0 aliphatic rings. The summed E-state index contributed by atoms with van der Waals surface area (Å²) in [6.07, 6.45) is 1.03. The molecule has 1 aromatic carbocycles. The Morgan fingerprint density at radius 2 is 1.84 bits per heavy atom. The average molecular weight is 266 g/mol. The first kappa shape index (κ1) is 15.8. The highest BCUT2D eigenvalue weighted by Gasteiger charge is 2.14. The Balaban J connectivity index is 2.88. The minimum Gasteiger partial charge on any atom is -0.382 e. The second-order valence-corrected chi connectivity index (χ2v) is 5.77. The summed E-state index contributed by atoms with van der Waals surface area (Å²) in [5.74, 6) is 0.367. The third kappa shape index (κ3) is 4.12. The molecule has 1 aromatic rings. The fourth-order valence-electron chi connectivity index (χ4n) is 2.12. The first-order valence-corrected chi connectivity index (χ1v) is 7.15. The molecule has 0 saturated carbocycles. The highest BCUT2D eigenvalue weighted by Crippen LogP contribution is 2.24. The fourth-order valence-corrected chi connectivity index (χ4v) is 2.12. The van der Waals surface area contributed by atoms with Gasteiger partial charge in [-0.2, -0.15) is 0 Å². The Kier molecular flexibility index (Phi) is 5.64. The minimum atomic E-state index is -0.167. The summed E-state index contributed by atoms with van der Waals surface area (Å²) < 4.78 is 14.1. The number of rotatable bonds is 6. The van der Waals surface area contributed by atoms with Gasteiger partial charge in [-0.3, -0.25) is 0 Å². The van der Waals surface area contributed by atoms with Crippen LogP contribution in [0, 0.1) is 11.7 Å². The molecule has 0 aliphatic heterocycles. The van der Waals surface area contributed by atoms with Gasteiger partial charge >= 0.3 is 0 Å². The van der Waals surface area contributed by atoms with Crippen molar-refractivity contribution < 1.29 is 4.39 Å². The Labute approximate surface area is 117 Å². The zero-order chi connectivity index (χ0) is 14.6. The smallest absolute Gasteiger partial charge is 0.148 e. The number of nitrogens with one attached hydrogen (secondary N) is 1. The molecule has 0 saturated heterocycles. The minimum absolute atomic E-state index is 0.167. The van der Waals surface area contributed by atoms with Gasteiger partial charge in [0.2, 0.25) is 0 Å². The molecule has 1 unspecified atom stereocenters. The standard InChI is InChI=1S/C16H27FN2/c1-7-15(11(2)3)18-13-8-9-16(14(17)10-13)19(6)12(4)5/h8-12,15,18H,7H2,1-6H3. The summed E-state index contributed by atoms with van der Waals surface area (Å²) in [6, 6.07) is 6.08. The van der Waals surface area contributed by atoms with Gasteiger partial charge in [-0.25, -0.2) is 4.39 Å².